The normalized spacial score (nSPS) is 14.5. The first-order valence-electron chi connectivity index (χ1n) is 9.53. The second-order valence-corrected chi connectivity index (χ2v) is 8.21. The number of amides is 2. The van der Waals surface area contributed by atoms with E-state index in [9.17, 15) is 14.0 Å². The fourth-order valence-electron chi connectivity index (χ4n) is 3.76. The van der Waals surface area contributed by atoms with Gasteiger partial charge in [-0.15, -0.1) is 11.8 Å². The maximum atomic E-state index is 13.3. The van der Waals surface area contributed by atoms with Crippen LogP contribution >= 0.6 is 11.8 Å². The molecule has 0 bridgehead atoms. The summed E-state index contributed by atoms with van der Waals surface area (Å²) in [5.74, 6) is -0.265. The van der Waals surface area contributed by atoms with E-state index in [1.165, 1.54) is 28.8 Å². The maximum absolute atomic E-state index is 13.3. The van der Waals surface area contributed by atoms with Crippen molar-refractivity contribution in [2.24, 2.45) is 7.05 Å². The minimum atomic E-state index is -0.372. The molecule has 148 valence electrons. The van der Waals surface area contributed by atoms with Gasteiger partial charge >= 0.3 is 0 Å². The fourth-order valence-corrected chi connectivity index (χ4v) is 4.64. The Hall–Kier alpha value is -2.86. The van der Waals surface area contributed by atoms with Gasteiger partial charge in [0.1, 0.15) is 5.82 Å². The molecule has 0 fully saturated rings. The molecule has 1 aliphatic rings. The van der Waals surface area contributed by atoms with Gasteiger partial charge in [-0.1, -0.05) is 37.3 Å². The molecule has 3 aromatic rings. The van der Waals surface area contributed by atoms with E-state index in [4.69, 9.17) is 0 Å². The SMILES string of the molecule is CCSC1=C(c2ccc(F)cc2)C(=O)N(CCc2cn(C)c3ccccc23)C1=O. The van der Waals surface area contributed by atoms with Crippen LogP contribution in [0.25, 0.3) is 16.5 Å². The molecule has 0 N–H and O–H groups in total. The number of benzene rings is 2. The molecule has 0 spiro atoms. The minimum Gasteiger partial charge on any atom is -0.350 e. The first kappa shape index (κ1) is 19.5. The highest BCUT2D eigenvalue weighted by molar-refractivity contribution is 8.04. The van der Waals surface area contributed by atoms with Crippen LogP contribution in [0.5, 0.6) is 0 Å². The second-order valence-electron chi connectivity index (χ2n) is 6.94. The smallest absolute Gasteiger partial charge is 0.267 e. The predicted molar refractivity (Wildman–Crippen MR) is 115 cm³/mol. The predicted octanol–water partition coefficient (Wildman–Crippen LogP) is 4.39. The summed E-state index contributed by atoms with van der Waals surface area (Å²) in [6.07, 6.45) is 2.63. The van der Waals surface area contributed by atoms with Gasteiger partial charge in [-0.05, 0) is 41.5 Å². The monoisotopic (exact) mass is 408 g/mol. The van der Waals surface area contributed by atoms with Crippen molar-refractivity contribution in [1.29, 1.82) is 0 Å². The van der Waals surface area contributed by atoms with Gasteiger partial charge in [0, 0.05) is 30.7 Å². The summed E-state index contributed by atoms with van der Waals surface area (Å²) in [6, 6.07) is 13.8. The van der Waals surface area contributed by atoms with Gasteiger partial charge < -0.3 is 4.57 Å². The lowest BCUT2D eigenvalue weighted by molar-refractivity contribution is -0.136. The quantitative estimate of drug-likeness (QED) is 0.568. The Labute approximate surface area is 173 Å². The number of rotatable bonds is 6. The highest BCUT2D eigenvalue weighted by Gasteiger charge is 2.38. The number of hydrogen-bond acceptors (Lipinski definition) is 3. The second kappa shape index (κ2) is 7.87. The van der Waals surface area contributed by atoms with E-state index in [0.717, 1.165) is 16.5 Å². The first-order valence-corrected chi connectivity index (χ1v) is 10.5. The number of aryl methyl sites for hydroxylation is 1. The van der Waals surface area contributed by atoms with Crippen LogP contribution in [0, 0.1) is 5.82 Å². The van der Waals surface area contributed by atoms with E-state index in [-0.39, 0.29) is 17.6 Å². The fraction of sp³-hybridized carbons (Fsp3) is 0.217. The summed E-state index contributed by atoms with van der Waals surface area (Å²) in [5.41, 5.74) is 3.17. The maximum Gasteiger partial charge on any atom is 0.267 e. The molecule has 4 nitrogen and oxygen atoms in total. The highest BCUT2D eigenvalue weighted by atomic mass is 32.2. The Morgan fingerprint density at radius 1 is 1.00 bits per heavy atom. The van der Waals surface area contributed by atoms with Crippen LogP contribution in [0.1, 0.15) is 18.1 Å². The zero-order valence-corrected chi connectivity index (χ0v) is 17.1. The van der Waals surface area contributed by atoms with Crippen LogP contribution in [0.2, 0.25) is 0 Å². The number of halogens is 1. The molecule has 0 saturated carbocycles. The molecule has 0 aliphatic carbocycles. The van der Waals surface area contributed by atoms with Crippen LogP contribution in [-0.4, -0.2) is 33.6 Å². The number of aromatic nitrogens is 1. The third kappa shape index (κ3) is 3.49. The third-order valence-electron chi connectivity index (χ3n) is 5.13. The number of thioether (sulfide) groups is 1. The van der Waals surface area contributed by atoms with Gasteiger partial charge in [0.15, 0.2) is 0 Å². The zero-order chi connectivity index (χ0) is 20.5. The summed E-state index contributed by atoms with van der Waals surface area (Å²) in [4.78, 5) is 27.9. The Kier molecular flexibility index (Phi) is 5.28. The van der Waals surface area contributed by atoms with Gasteiger partial charge in [0.25, 0.3) is 11.8 Å². The van der Waals surface area contributed by atoms with Gasteiger partial charge in [0.05, 0.1) is 10.5 Å². The number of nitrogens with zero attached hydrogens (tertiary/aromatic N) is 2. The molecule has 0 radical (unpaired) electrons. The number of hydrogen-bond donors (Lipinski definition) is 0. The van der Waals surface area contributed by atoms with Crippen molar-refractivity contribution in [3.05, 3.63) is 76.6 Å². The number of carbonyl (C=O) groups excluding carboxylic acids is 2. The average Bonchev–Trinajstić information content (AvgIpc) is 3.16. The van der Waals surface area contributed by atoms with E-state index < -0.39 is 0 Å². The van der Waals surface area contributed by atoms with E-state index in [0.29, 0.717) is 34.8 Å². The van der Waals surface area contributed by atoms with Crippen LogP contribution in [0.15, 0.2) is 59.6 Å². The average molecular weight is 408 g/mol. The Morgan fingerprint density at radius 2 is 1.72 bits per heavy atom. The topological polar surface area (TPSA) is 42.3 Å². The van der Waals surface area contributed by atoms with Crippen molar-refractivity contribution in [2.45, 2.75) is 13.3 Å². The number of fused-ring (bicyclic) bond motifs is 1. The molecule has 2 heterocycles. The molecule has 2 aromatic carbocycles. The molecular formula is C23H21FN2O2S. The van der Waals surface area contributed by atoms with Crippen molar-refractivity contribution in [3.8, 4) is 0 Å². The van der Waals surface area contributed by atoms with Gasteiger partial charge in [0.2, 0.25) is 0 Å². The van der Waals surface area contributed by atoms with Crippen molar-refractivity contribution >= 4 is 40.1 Å². The number of carbonyl (C=O) groups is 2. The Bertz CT molecular complexity index is 1130. The van der Waals surface area contributed by atoms with Crippen molar-refractivity contribution in [3.63, 3.8) is 0 Å². The number of para-hydroxylation sites is 1. The van der Waals surface area contributed by atoms with Crippen LogP contribution in [0.4, 0.5) is 4.39 Å². The third-order valence-corrected chi connectivity index (χ3v) is 6.09. The lowest BCUT2D eigenvalue weighted by atomic mass is 10.1. The van der Waals surface area contributed by atoms with Crippen LogP contribution in [0.3, 0.4) is 0 Å². The molecule has 1 aliphatic heterocycles. The molecule has 1 aromatic heterocycles. The van der Waals surface area contributed by atoms with E-state index in [2.05, 4.69) is 16.7 Å². The van der Waals surface area contributed by atoms with Crippen molar-refractivity contribution < 1.29 is 14.0 Å². The lowest BCUT2D eigenvalue weighted by Gasteiger charge is -2.15. The largest absolute Gasteiger partial charge is 0.350 e. The molecule has 0 unspecified atom stereocenters. The van der Waals surface area contributed by atoms with Crippen LogP contribution in [-0.2, 0) is 23.1 Å². The summed E-state index contributed by atoms with van der Waals surface area (Å²) < 4.78 is 15.4. The van der Waals surface area contributed by atoms with E-state index in [1.54, 1.807) is 12.1 Å². The van der Waals surface area contributed by atoms with Crippen molar-refractivity contribution in [2.75, 3.05) is 12.3 Å². The van der Waals surface area contributed by atoms with Gasteiger partial charge in [-0.3, -0.25) is 14.5 Å². The lowest BCUT2D eigenvalue weighted by Crippen LogP contribution is -2.33. The molecule has 0 atom stereocenters. The molecule has 2 amide bonds. The number of imide groups is 1. The summed E-state index contributed by atoms with van der Waals surface area (Å²) in [6.45, 7) is 2.25. The highest BCUT2D eigenvalue weighted by Crippen LogP contribution is 2.36. The van der Waals surface area contributed by atoms with Gasteiger partial charge in [-0.2, -0.15) is 0 Å². The van der Waals surface area contributed by atoms with Crippen LogP contribution < -0.4 is 0 Å². The molecule has 6 heteroatoms. The zero-order valence-electron chi connectivity index (χ0n) is 16.3. The van der Waals surface area contributed by atoms with E-state index in [1.807, 2.05) is 32.3 Å². The van der Waals surface area contributed by atoms with E-state index >= 15 is 0 Å². The summed E-state index contributed by atoms with van der Waals surface area (Å²) in [5, 5.41) is 1.13. The molecule has 29 heavy (non-hydrogen) atoms. The Balaban J connectivity index is 1.61. The molecule has 0 saturated heterocycles. The standard InChI is InChI=1S/C23H21FN2O2S/c1-3-29-21-20(15-8-10-17(24)11-9-15)22(27)26(23(21)28)13-12-16-14-25(2)19-7-5-4-6-18(16)19/h4-11,14H,3,12-13H2,1-2H3. The van der Waals surface area contributed by atoms with Crippen molar-refractivity contribution in [1.82, 2.24) is 9.47 Å². The summed E-state index contributed by atoms with van der Waals surface area (Å²) in [7, 11) is 1.99. The summed E-state index contributed by atoms with van der Waals surface area (Å²) >= 11 is 1.36. The molecule has 4 rings (SSSR count). The molecular weight excluding hydrogens is 387 g/mol. The first-order chi connectivity index (χ1) is 14.0. The van der Waals surface area contributed by atoms with Gasteiger partial charge in [-0.25, -0.2) is 4.39 Å². The Morgan fingerprint density at radius 3 is 2.45 bits per heavy atom. The minimum absolute atomic E-state index is 0.263.